The van der Waals surface area contributed by atoms with Crippen LogP contribution in [0.2, 0.25) is 0 Å². The molecule has 2 atom stereocenters. The molecule has 2 rings (SSSR count). The third-order valence-electron chi connectivity index (χ3n) is 2.51. The van der Waals surface area contributed by atoms with Crippen LogP contribution in [-0.2, 0) is 0 Å². The summed E-state index contributed by atoms with van der Waals surface area (Å²) in [6.45, 7) is 0. The van der Waals surface area contributed by atoms with Gasteiger partial charge in [0.2, 0.25) is 0 Å². The first-order valence-electron chi connectivity index (χ1n) is 4.78. The van der Waals surface area contributed by atoms with E-state index in [1.54, 1.807) is 6.20 Å². The number of hydrogen-bond acceptors (Lipinski definition) is 2. The Morgan fingerprint density at radius 2 is 2.36 bits per heavy atom. The van der Waals surface area contributed by atoms with Gasteiger partial charge in [-0.25, -0.2) is 9.37 Å². The van der Waals surface area contributed by atoms with E-state index in [0.29, 0.717) is 6.42 Å². The Bertz CT molecular complexity index is 319. The molecule has 0 saturated heterocycles. The molecule has 1 fully saturated rings. The van der Waals surface area contributed by atoms with Gasteiger partial charge in [-0.2, -0.15) is 0 Å². The van der Waals surface area contributed by atoms with Crippen molar-refractivity contribution in [3.05, 3.63) is 21.9 Å². The van der Waals surface area contributed by atoms with Crippen LogP contribution in [0.3, 0.4) is 0 Å². The predicted octanol–water partition coefficient (Wildman–Crippen LogP) is 2.99. The normalized spacial score (nSPS) is 26.4. The number of anilines is 1. The lowest BCUT2D eigenvalue weighted by atomic mass is 10.2. The largest absolute Gasteiger partial charge is 0.364 e. The van der Waals surface area contributed by atoms with Crippen molar-refractivity contribution in [2.24, 2.45) is 0 Å². The number of pyridine rings is 1. The summed E-state index contributed by atoms with van der Waals surface area (Å²) in [5.74, 6) is 0.808. The molecule has 0 spiro atoms. The summed E-state index contributed by atoms with van der Waals surface area (Å²) in [6, 6.07) is 3.81. The maximum atomic E-state index is 13.3. The summed E-state index contributed by atoms with van der Waals surface area (Å²) in [4.78, 5) is 4.19. The molecular weight excluding hydrogens is 294 g/mol. The number of halogens is 2. The van der Waals surface area contributed by atoms with E-state index in [4.69, 9.17) is 0 Å². The number of alkyl halides is 1. The van der Waals surface area contributed by atoms with E-state index in [1.807, 2.05) is 12.1 Å². The van der Waals surface area contributed by atoms with Crippen molar-refractivity contribution in [2.75, 3.05) is 5.32 Å². The number of aromatic nitrogens is 1. The number of nitrogens with one attached hydrogen (secondary N) is 1. The second kappa shape index (κ2) is 4.42. The van der Waals surface area contributed by atoms with Gasteiger partial charge in [-0.05, 0) is 54.0 Å². The summed E-state index contributed by atoms with van der Waals surface area (Å²) in [6.07, 6.45) is 3.58. The molecule has 1 aromatic rings. The molecule has 0 unspecified atom stereocenters. The Morgan fingerprint density at radius 3 is 3.00 bits per heavy atom. The minimum atomic E-state index is -0.715. The molecule has 1 saturated carbocycles. The Kier molecular flexibility index (Phi) is 3.20. The molecule has 2 nitrogen and oxygen atoms in total. The summed E-state index contributed by atoms with van der Waals surface area (Å²) < 4.78 is 14.4. The van der Waals surface area contributed by atoms with Gasteiger partial charge in [0.05, 0.1) is 9.61 Å². The fraction of sp³-hybridized carbons (Fsp3) is 0.500. The first kappa shape index (κ1) is 10.1. The van der Waals surface area contributed by atoms with Gasteiger partial charge in [0.1, 0.15) is 12.0 Å². The van der Waals surface area contributed by atoms with Gasteiger partial charge in [0, 0.05) is 6.20 Å². The zero-order valence-corrected chi connectivity index (χ0v) is 9.87. The molecule has 0 aromatic carbocycles. The van der Waals surface area contributed by atoms with Crippen molar-refractivity contribution in [2.45, 2.75) is 31.5 Å². The van der Waals surface area contributed by atoms with Gasteiger partial charge >= 0.3 is 0 Å². The quantitative estimate of drug-likeness (QED) is 0.850. The summed E-state index contributed by atoms with van der Waals surface area (Å²) >= 11 is 2.21. The standard InChI is InChI=1S/C10H12FIN2/c11-7-3-1-5-9(7)14-10-8(12)4-2-6-13-10/h2,4,6-7,9H,1,3,5H2,(H,13,14)/t7-,9+/m1/s1. The van der Waals surface area contributed by atoms with Crippen molar-refractivity contribution in [3.63, 3.8) is 0 Å². The van der Waals surface area contributed by atoms with Crippen LogP contribution in [0.15, 0.2) is 18.3 Å². The Hall–Kier alpha value is -0.390. The van der Waals surface area contributed by atoms with Crippen LogP contribution >= 0.6 is 22.6 Å². The third-order valence-corrected chi connectivity index (χ3v) is 3.38. The Morgan fingerprint density at radius 1 is 1.50 bits per heavy atom. The van der Waals surface area contributed by atoms with E-state index in [9.17, 15) is 4.39 Å². The average molecular weight is 306 g/mol. The number of nitrogens with zero attached hydrogens (tertiary/aromatic N) is 1. The molecule has 76 valence electrons. The summed E-state index contributed by atoms with van der Waals surface area (Å²) in [7, 11) is 0. The molecular formula is C10H12FIN2. The smallest absolute Gasteiger partial charge is 0.139 e. The van der Waals surface area contributed by atoms with Gasteiger partial charge in [-0.1, -0.05) is 0 Å². The van der Waals surface area contributed by atoms with Crippen LogP contribution in [0.4, 0.5) is 10.2 Å². The second-order valence-electron chi connectivity index (χ2n) is 3.53. The highest BCUT2D eigenvalue weighted by Gasteiger charge is 2.27. The van der Waals surface area contributed by atoms with Gasteiger partial charge < -0.3 is 5.32 Å². The van der Waals surface area contributed by atoms with Crippen LogP contribution in [0.25, 0.3) is 0 Å². The predicted molar refractivity (Wildman–Crippen MR) is 63.1 cm³/mol. The molecule has 14 heavy (non-hydrogen) atoms. The average Bonchev–Trinajstić information content (AvgIpc) is 2.56. The second-order valence-corrected chi connectivity index (χ2v) is 4.69. The minimum absolute atomic E-state index is 0.0431. The number of hydrogen-bond donors (Lipinski definition) is 1. The first-order chi connectivity index (χ1) is 6.77. The van der Waals surface area contributed by atoms with Crippen LogP contribution < -0.4 is 5.32 Å². The van der Waals surface area contributed by atoms with E-state index in [0.717, 1.165) is 22.2 Å². The van der Waals surface area contributed by atoms with E-state index in [1.165, 1.54) is 0 Å². The van der Waals surface area contributed by atoms with Crippen molar-refractivity contribution in [3.8, 4) is 0 Å². The van der Waals surface area contributed by atoms with Crippen LogP contribution in [0.5, 0.6) is 0 Å². The molecule has 1 aliphatic carbocycles. The lowest BCUT2D eigenvalue weighted by Gasteiger charge is -2.16. The third kappa shape index (κ3) is 2.16. The van der Waals surface area contributed by atoms with Gasteiger partial charge in [0.15, 0.2) is 0 Å². The molecule has 0 aliphatic heterocycles. The van der Waals surface area contributed by atoms with E-state index < -0.39 is 6.17 Å². The van der Waals surface area contributed by atoms with Crippen molar-refractivity contribution in [1.29, 1.82) is 0 Å². The van der Waals surface area contributed by atoms with E-state index in [2.05, 4.69) is 32.9 Å². The van der Waals surface area contributed by atoms with Crippen molar-refractivity contribution in [1.82, 2.24) is 4.98 Å². The molecule has 0 radical (unpaired) electrons. The SMILES string of the molecule is F[C@@H]1CCC[C@@H]1Nc1ncccc1I. The molecule has 1 aromatic heterocycles. The Balaban J connectivity index is 2.07. The van der Waals surface area contributed by atoms with Crippen molar-refractivity contribution < 1.29 is 4.39 Å². The molecule has 1 aliphatic rings. The minimum Gasteiger partial charge on any atom is -0.364 e. The highest BCUT2D eigenvalue weighted by Crippen LogP contribution is 2.26. The zero-order valence-electron chi connectivity index (χ0n) is 7.71. The first-order valence-corrected chi connectivity index (χ1v) is 5.86. The highest BCUT2D eigenvalue weighted by atomic mass is 127. The van der Waals surface area contributed by atoms with E-state index in [-0.39, 0.29) is 6.04 Å². The number of rotatable bonds is 2. The lowest BCUT2D eigenvalue weighted by molar-refractivity contribution is 0.323. The zero-order chi connectivity index (χ0) is 9.97. The molecule has 0 bridgehead atoms. The van der Waals surface area contributed by atoms with Gasteiger partial charge in [-0.15, -0.1) is 0 Å². The molecule has 1 N–H and O–H groups in total. The van der Waals surface area contributed by atoms with Gasteiger partial charge in [-0.3, -0.25) is 0 Å². The summed E-state index contributed by atoms with van der Waals surface area (Å²) in [5.41, 5.74) is 0. The monoisotopic (exact) mass is 306 g/mol. The van der Waals surface area contributed by atoms with Gasteiger partial charge in [0.25, 0.3) is 0 Å². The highest BCUT2D eigenvalue weighted by molar-refractivity contribution is 14.1. The fourth-order valence-electron chi connectivity index (χ4n) is 1.74. The molecule has 4 heteroatoms. The molecule has 1 heterocycles. The van der Waals surface area contributed by atoms with E-state index >= 15 is 0 Å². The summed E-state index contributed by atoms with van der Waals surface area (Å²) in [5, 5.41) is 3.17. The molecule has 0 amide bonds. The maximum absolute atomic E-state index is 13.3. The van der Waals surface area contributed by atoms with Crippen LogP contribution in [0, 0.1) is 3.57 Å². The topological polar surface area (TPSA) is 24.9 Å². The fourth-order valence-corrected chi connectivity index (χ4v) is 2.25. The Labute approximate surface area is 96.4 Å². The van der Waals surface area contributed by atoms with Crippen molar-refractivity contribution >= 4 is 28.4 Å². The van der Waals surface area contributed by atoms with Crippen LogP contribution in [0.1, 0.15) is 19.3 Å². The van der Waals surface area contributed by atoms with Crippen LogP contribution in [-0.4, -0.2) is 17.2 Å². The lowest BCUT2D eigenvalue weighted by Crippen LogP contribution is -2.25. The maximum Gasteiger partial charge on any atom is 0.139 e.